The molecule has 0 spiro atoms. The molecule has 0 atom stereocenters. The highest BCUT2D eigenvalue weighted by Crippen LogP contribution is 2.21. The lowest BCUT2D eigenvalue weighted by atomic mass is 10.2. The molecule has 106 valence electrons. The van der Waals surface area contributed by atoms with E-state index in [1.807, 2.05) is 12.1 Å². The van der Waals surface area contributed by atoms with Crippen LogP contribution < -0.4 is 5.32 Å². The first-order valence-electron chi connectivity index (χ1n) is 6.22. The fraction of sp³-hybridized carbons (Fsp3) is 0.154. The van der Waals surface area contributed by atoms with Crippen molar-refractivity contribution in [3.8, 4) is 11.5 Å². The predicted molar refractivity (Wildman–Crippen MR) is 73.1 cm³/mol. The molecule has 8 nitrogen and oxygen atoms in total. The molecule has 21 heavy (non-hydrogen) atoms. The topological polar surface area (TPSA) is 98.2 Å². The van der Waals surface area contributed by atoms with Crippen molar-refractivity contribution in [2.24, 2.45) is 0 Å². The van der Waals surface area contributed by atoms with Crippen molar-refractivity contribution in [3.05, 3.63) is 42.6 Å². The number of aromatic nitrogens is 5. The Morgan fingerprint density at radius 3 is 3.10 bits per heavy atom. The molecule has 0 saturated carbocycles. The van der Waals surface area contributed by atoms with Gasteiger partial charge < -0.3 is 9.84 Å². The van der Waals surface area contributed by atoms with Crippen LogP contribution in [0.15, 0.2) is 35.5 Å². The number of nitrogens with one attached hydrogen (secondary N) is 1. The minimum absolute atomic E-state index is 0.248. The standard InChI is InChI=1S/C13H12N6O2/c1-3-11(20)14-7-10-16-17-12-9(5-4-6-19(10)12)13-15-8(2)18-21-13/h3-6H,1,7H2,2H3,(H,14,20). The van der Waals surface area contributed by atoms with E-state index in [4.69, 9.17) is 4.52 Å². The van der Waals surface area contributed by atoms with Gasteiger partial charge in [0.2, 0.25) is 5.91 Å². The van der Waals surface area contributed by atoms with Gasteiger partial charge in [0.1, 0.15) is 0 Å². The van der Waals surface area contributed by atoms with Gasteiger partial charge in [-0.1, -0.05) is 11.7 Å². The van der Waals surface area contributed by atoms with Gasteiger partial charge in [0.05, 0.1) is 12.1 Å². The van der Waals surface area contributed by atoms with Gasteiger partial charge in [-0.15, -0.1) is 10.2 Å². The Kier molecular flexibility index (Phi) is 3.19. The highest BCUT2D eigenvalue weighted by molar-refractivity contribution is 5.86. The first kappa shape index (κ1) is 13.0. The zero-order valence-electron chi connectivity index (χ0n) is 11.3. The zero-order valence-corrected chi connectivity index (χ0v) is 11.3. The Hall–Kier alpha value is -3.03. The summed E-state index contributed by atoms with van der Waals surface area (Å²) in [6, 6.07) is 3.65. The Morgan fingerprint density at radius 2 is 2.38 bits per heavy atom. The maximum atomic E-state index is 11.2. The molecule has 0 aliphatic rings. The van der Waals surface area contributed by atoms with Crippen LogP contribution in [0.5, 0.6) is 0 Å². The second-order valence-electron chi connectivity index (χ2n) is 4.30. The van der Waals surface area contributed by atoms with E-state index < -0.39 is 0 Å². The molecule has 3 aromatic rings. The van der Waals surface area contributed by atoms with Gasteiger partial charge in [0.15, 0.2) is 17.3 Å². The van der Waals surface area contributed by atoms with E-state index in [0.717, 1.165) is 0 Å². The third-order valence-electron chi connectivity index (χ3n) is 2.87. The van der Waals surface area contributed by atoms with Gasteiger partial charge in [0.25, 0.3) is 5.89 Å². The van der Waals surface area contributed by atoms with E-state index >= 15 is 0 Å². The molecule has 0 saturated heterocycles. The van der Waals surface area contributed by atoms with Crippen molar-refractivity contribution in [2.45, 2.75) is 13.5 Å². The number of rotatable bonds is 4. The maximum Gasteiger partial charge on any atom is 0.261 e. The molecule has 1 amide bonds. The molecule has 3 heterocycles. The van der Waals surface area contributed by atoms with Crippen molar-refractivity contribution >= 4 is 11.6 Å². The normalized spacial score (nSPS) is 10.7. The molecule has 0 aliphatic heterocycles. The predicted octanol–water partition coefficient (Wildman–Crippen LogP) is 0.890. The Balaban J connectivity index is 2.00. The van der Waals surface area contributed by atoms with Crippen molar-refractivity contribution in [2.75, 3.05) is 0 Å². The summed E-state index contributed by atoms with van der Waals surface area (Å²) in [6.07, 6.45) is 3.01. The molecule has 0 bridgehead atoms. The fourth-order valence-corrected chi connectivity index (χ4v) is 1.90. The summed E-state index contributed by atoms with van der Waals surface area (Å²) in [5, 5.41) is 14.6. The number of carbonyl (C=O) groups excluding carboxylic acids is 1. The number of carbonyl (C=O) groups is 1. The van der Waals surface area contributed by atoms with E-state index in [0.29, 0.717) is 28.8 Å². The summed E-state index contributed by atoms with van der Waals surface area (Å²) < 4.78 is 6.92. The number of pyridine rings is 1. The first-order chi connectivity index (χ1) is 10.2. The maximum absolute atomic E-state index is 11.2. The van der Waals surface area contributed by atoms with Gasteiger partial charge in [-0.3, -0.25) is 9.20 Å². The number of hydrogen-bond acceptors (Lipinski definition) is 6. The third-order valence-corrected chi connectivity index (χ3v) is 2.87. The minimum Gasteiger partial charge on any atom is -0.345 e. The Morgan fingerprint density at radius 1 is 1.52 bits per heavy atom. The van der Waals surface area contributed by atoms with Crippen LogP contribution >= 0.6 is 0 Å². The molecule has 0 aromatic carbocycles. The van der Waals surface area contributed by atoms with Crippen LogP contribution in [0, 0.1) is 6.92 Å². The van der Waals surface area contributed by atoms with Crippen molar-refractivity contribution < 1.29 is 9.32 Å². The smallest absolute Gasteiger partial charge is 0.261 e. The number of aryl methyl sites for hydroxylation is 1. The van der Waals surface area contributed by atoms with E-state index in [2.05, 4.69) is 32.2 Å². The summed E-state index contributed by atoms with van der Waals surface area (Å²) in [4.78, 5) is 15.4. The molecule has 0 fully saturated rings. The van der Waals surface area contributed by atoms with E-state index in [9.17, 15) is 4.79 Å². The second-order valence-corrected chi connectivity index (χ2v) is 4.30. The van der Waals surface area contributed by atoms with Crippen LogP contribution in [-0.4, -0.2) is 30.6 Å². The largest absolute Gasteiger partial charge is 0.345 e. The molecule has 3 aromatic heterocycles. The molecule has 3 rings (SSSR count). The summed E-state index contributed by atoms with van der Waals surface area (Å²) in [5.41, 5.74) is 1.27. The molecular formula is C13H12N6O2. The SMILES string of the molecule is C=CC(=O)NCc1nnc2c(-c3nc(C)no3)cccn12. The lowest BCUT2D eigenvalue weighted by Gasteiger charge is -2.02. The third kappa shape index (κ3) is 2.38. The van der Waals surface area contributed by atoms with Crippen LogP contribution in [0.2, 0.25) is 0 Å². The minimum atomic E-state index is -0.268. The highest BCUT2D eigenvalue weighted by Gasteiger charge is 2.15. The monoisotopic (exact) mass is 284 g/mol. The molecule has 1 N–H and O–H groups in total. The lowest BCUT2D eigenvalue weighted by Crippen LogP contribution is -2.21. The molecular weight excluding hydrogens is 272 g/mol. The number of hydrogen-bond donors (Lipinski definition) is 1. The molecule has 0 radical (unpaired) electrons. The van der Waals surface area contributed by atoms with Gasteiger partial charge in [-0.2, -0.15) is 4.98 Å². The highest BCUT2D eigenvalue weighted by atomic mass is 16.5. The van der Waals surface area contributed by atoms with Gasteiger partial charge >= 0.3 is 0 Å². The molecule has 8 heteroatoms. The van der Waals surface area contributed by atoms with Crippen LogP contribution in [0.25, 0.3) is 17.1 Å². The Bertz CT molecular complexity index is 819. The summed E-state index contributed by atoms with van der Waals surface area (Å²) in [7, 11) is 0. The van der Waals surface area contributed by atoms with Gasteiger partial charge in [-0.05, 0) is 25.1 Å². The molecule has 0 aliphatic carbocycles. The number of fused-ring (bicyclic) bond motifs is 1. The van der Waals surface area contributed by atoms with Crippen LogP contribution in [0.1, 0.15) is 11.6 Å². The van der Waals surface area contributed by atoms with E-state index in [1.165, 1.54) is 6.08 Å². The number of amides is 1. The number of nitrogens with zero attached hydrogens (tertiary/aromatic N) is 5. The summed E-state index contributed by atoms with van der Waals surface area (Å²) in [5.74, 6) is 1.26. The summed E-state index contributed by atoms with van der Waals surface area (Å²) in [6.45, 7) is 5.39. The molecule has 0 unspecified atom stereocenters. The van der Waals surface area contributed by atoms with Crippen LogP contribution in [-0.2, 0) is 11.3 Å². The van der Waals surface area contributed by atoms with E-state index in [-0.39, 0.29) is 12.5 Å². The van der Waals surface area contributed by atoms with E-state index in [1.54, 1.807) is 17.5 Å². The second kappa shape index (κ2) is 5.16. The van der Waals surface area contributed by atoms with Crippen molar-refractivity contribution in [1.82, 2.24) is 30.1 Å². The quantitative estimate of drug-likeness (QED) is 0.714. The average molecular weight is 284 g/mol. The first-order valence-corrected chi connectivity index (χ1v) is 6.22. The van der Waals surface area contributed by atoms with Gasteiger partial charge in [-0.25, -0.2) is 0 Å². The summed E-state index contributed by atoms with van der Waals surface area (Å²) >= 11 is 0. The van der Waals surface area contributed by atoms with Crippen molar-refractivity contribution in [3.63, 3.8) is 0 Å². The Labute approximate surface area is 119 Å². The fourth-order valence-electron chi connectivity index (χ4n) is 1.90. The average Bonchev–Trinajstić information content (AvgIpc) is 3.10. The van der Waals surface area contributed by atoms with Crippen LogP contribution in [0.3, 0.4) is 0 Å². The van der Waals surface area contributed by atoms with Gasteiger partial charge in [0, 0.05) is 6.20 Å². The lowest BCUT2D eigenvalue weighted by molar-refractivity contribution is -0.116. The van der Waals surface area contributed by atoms with Crippen LogP contribution in [0.4, 0.5) is 0 Å². The zero-order chi connectivity index (χ0) is 14.8. The van der Waals surface area contributed by atoms with Crippen molar-refractivity contribution in [1.29, 1.82) is 0 Å².